The zero-order valence-electron chi connectivity index (χ0n) is 22.1. The predicted molar refractivity (Wildman–Crippen MR) is 150 cm³/mol. The van der Waals surface area contributed by atoms with Crippen LogP contribution < -0.4 is 14.4 Å². The zero-order chi connectivity index (χ0) is 28.7. The van der Waals surface area contributed by atoms with Gasteiger partial charge in [0.1, 0.15) is 24.0 Å². The van der Waals surface area contributed by atoms with Crippen molar-refractivity contribution in [3.8, 4) is 5.75 Å². The number of benzene rings is 4. The minimum absolute atomic E-state index is 0.0649. The summed E-state index contributed by atoms with van der Waals surface area (Å²) in [5.74, 6) is -0.602. The Morgan fingerprint density at radius 2 is 1.40 bits per heavy atom. The Balaban J connectivity index is 1.35. The topological polar surface area (TPSA) is 79.0 Å². The number of hydrogen-bond donors (Lipinski definition) is 1. The number of para-hydroxylation sites is 1. The molecule has 0 heterocycles. The van der Waals surface area contributed by atoms with Crippen LogP contribution in [0.15, 0.2) is 97.1 Å². The van der Waals surface area contributed by atoms with E-state index in [9.17, 15) is 22.0 Å². The summed E-state index contributed by atoms with van der Waals surface area (Å²) < 4.78 is 61.1. The highest BCUT2D eigenvalue weighted by Crippen LogP contribution is 2.25. The van der Waals surface area contributed by atoms with Crippen LogP contribution in [0.25, 0.3) is 0 Å². The van der Waals surface area contributed by atoms with E-state index in [2.05, 4.69) is 5.32 Å². The Hall–Kier alpha value is -4.28. The Kier molecular flexibility index (Phi) is 9.13. The second-order valence-electron chi connectivity index (χ2n) is 9.19. The highest BCUT2D eigenvalue weighted by atomic mass is 32.2. The second kappa shape index (κ2) is 12.7. The average Bonchev–Trinajstić information content (AvgIpc) is 2.95. The number of carbonyl (C=O) groups excluding carboxylic acids is 1. The molecule has 4 aromatic carbocycles. The molecule has 0 saturated carbocycles. The van der Waals surface area contributed by atoms with Crippen molar-refractivity contribution < 1.29 is 26.7 Å². The summed E-state index contributed by atoms with van der Waals surface area (Å²) in [6.45, 7) is 0.491. The average molecular weight is 566 g/mol. The Bertz CT molecular complexity index is 1540. The van der Waals surface area contributed by atoms with Gasteiger partial charge >= 0.3 is 10.2 Å². The van der Waals surface area contributed by atoms with Gasteiger partial charge in [-0.1, -0.05) is 48.5 Å². The van der Waals surface area contributed by atoms with Crippen molar-refractivity contribution in [2.24, 2.45) is 0 Å². The quantitative estimate of drug-likeness (QED) is 0.268. The van der Waals surface area contributed by atoms with Crippen LogP contribution in [0.1, 0.15) is 27.0 Å². The minimum atomic E-state index is -3.98. The van der Waals surface area contributed by atoms with E-state index in [0.29, 0.717) is 30.0 Å². The summed E-state index contributed by atoms with van der Waals surface area (Å²) >= 11 is 0. The lowest BCUT2D eigenvalue weighted by Gasteiger charge is -2.27. The monoisotopic (exact) mass is 565 g/mol. The van der Waals surface area contributed by atoms with Crippen LogP contribution in [0.5, 0.6) is 5.75 Å². The van der Waals surface area contributed by atoms with E-state index >= 15 is 0 Å². The maximum absolute atomic E-state index is 14.5. The third-order valence-electron chi connectivity index (χ3n) is 6.10. The third-order valence-corrected chi connectivity index (χ3v) is 7.90. The molecule has 0 bridgehead atoms. The molecule has 7 nitrogen and oxygen atoms in total. The highest BCUT2D eigenvalue weighted by molar-refractivity contribution is 7.90. The maximum Gasteiger partial charge on any atom is 0.303 e. The van der Waals surface area contributed by atoms with Crippen molar-refractivity contribution in [2.45, 2.75) is 19.7 Å². The van der Waals surface area contributed by atoms with Gasteiger partial charge in [-0.15, -0.1) is 0 Å². The Morgan fingerprint density at radius 1 is 0.800 bits per heavy atom. The molecule has 0 radical (unpaired) electrons. The van der Waals surface area contributed by atoms with E-state index < -0.39 is 16.0 Å². The molecule has 208 valence electrons. The third kappa shape index (κ3) is 7.22. The van der Waals surface area contributed by atoms with Gasteiger partial charge in [-0.25, -0.2) is 8.78 Å². The molecule has 0 aliphatic carbocycles. The molecule has 40 heavy (non-hydrogen) atoms. The van der Waals surface area contributed by atoms with Crippen molar-refractivity contribution in [2.75, 3.05) is 18.4 Å². The molecule has 0 spiro atoms. The summed E-state index contributed by atoms with van der Waals surface area (Å²) in [4.78, 5) is 12.7. The van der Waals surface area contributed by atoms with Gasteiger partial charge < -0.3 is 10.1 Å². The van der Waals surface area contributed by atoms with Gasteiger partial charge in [0.25, 0.3) is 5.91 Å². The van der Waals surface area contributed by atoms with Crippen LogP contribution >= 0.6 is 0 Å². The fourth-order valence-corrected chi connectivity index (χ4v) is 4.91. The first-order chi connectivity index (χ1) is 19.1. The maximum atomic E-state index is 14.5. The Morgan fingerprint density at radius 3 is 2.02 bits per heavy atom. The van der Waals surface area contributed by atoms with Crippen molar-refractivity contribution in [1.29, 1.82) is 0 Å². The normalized spacial score (nSPS) is 11.3. The fraction of sp³-hybridized carbons (Fsp3) is 0.167. The van der Waals surface area contributed by atoms with Gasteiger partial charge in [-0.2, -0.15) is 12.7 Å². The molecule has 0 atom stereocenters. The molecule has 0 fully saturated rings. The van der Waals surface area contributed by atoms with Crippen molar-refractivity contribution in [1.82, 2.24) is 9.62 Å². The van der Waals surface area contributed by atoms with Crippen LogP contribution in [-0.4, -0.2) is 32.7 Å². The number of nitrogens with zero attached hydrogens (tertiary/aromatic N) is 2. The lowest BCUT2D eigenvalue weighted by molar-refractivity contribution is 0.0951. The molecule has 4 rings (SSSR count). The molecule has 0 aromatic heterocycles. The molecule has 0 saturated heterocycles. The number of hydrogen-bond acceptors (Lipinski definition) is 4. The second-order valence-corrected chi connectivity index (χ2v) is 11.3. The first kappa shape index (κ1) is 28.7. The SMILES string of the molecule is CN(C)S(=O)(=O)N(Cc1ccc(C(=O)NCc2ccc(OCc3ccc(F)cc3)cc2)cc1)c1ccccc1F. The van der Waals surface area contributed by atoms with Gasteiger partial charge in [0.2, 0.25) is 0 Å². The number of nitrogens with one attached hydrogen (secondary N) is 1. The number of carbonyl (C=O) groups is 1. The fourth-order valence-electron chi connectivity index (χ4n) is 3.80. The number of anilines is 1. The molecule has 1 amide bonds. The molecule has 0 unspecified atom stereocenters. The van der Waals surface area contributed by atoms with Crippen molar-refractivity contribution >= 4 is 21.8 Å². The first-order valence-corrected chi connectivity index (χ1v) is 13.8. The van der Waals surface area contributed by atoms with Gasteiger partial charge in [-0.3, -0.25) is 9.10 Å². The van der Waals surface area contributed by atoms with E-state index in [1.165, 1.54) is 44.4 Å². The summed E-state index contributed by atoms with van der Waals surface area (Å²) in [7, 11) is -1.22. The van der Waals surface area contributed by atoms with Gasteiger partial charge in [0, 0.05) is 26.2 Å². The first-order valence-electron chi connectivity index (χ1n) is 12.4. The Labute approximate surface area is 232 Å². The van der Waals surface area contributed by atoms with Crippen LogP contribution in [0.3, 0.4) is 0 Å². The zero-order valence-corrected chi connectivity index (χ0v) is 22.9. The van der Waals surface area contributed by atoms with Gasteiger partial charge in [-0.05, 0) is 65.2 Å². The van der Waals surface area contributed by atoms with Crippen molar-refractivity contribution in [3.05, 3.63) is 131 Å². The minimum Gasteiger partial charge on any atom is -0.489 e. The van der Waals surface area contributed by atoms with Crippen molar-refractivity contribution in [3.63, 3.8) is 0 Å². The van der Waals surface area contributed by atoms with E-state index in [-0.39, 0.29) is 24.0 Å². The van der Waals surface area contributed by atoms with Crippen LogP contribution in [-0.2, 0) is 29.9 Å². The number of halogens is 2. The van der Waals surface area contributed by atoms with E-state index in [4.69, 9.17) is 4.74 Å². The number of amides is 1. The molecular weight excluding hydrogens is 536 g/mol. The molecule has 10 heteroatoms. The van der Waals surface area contributed by atoms with E-state index in [1.807, 2.05) is 12.1 Å². The molecule has 0 aliphatic rings. The summed E-state index contributed by atoms with van der Waals surface area (Å²) in [5, 5.41) is 2.85. The molecule has 4 aromatic rings. The van der Waals surface area contributed by atoms with E-state index in [0.717, 1.165) is 19.7 Å². The van der Waals surface area contributed by atoms with Crippen LogP contribution in [0.4, 0.5) is 14.5 Å². The smallest absolute Gasteiger partial charge is 0.303 e. The molecule has 0 aliphatic heterocycles. The van der Waals surface area contributed by atoms with Crippen LogP contribution in [0, 0.1) is 11.6 Å². The molecular formula is C30H29F2N3O4S. The van der Waals surface area contributed by atoms with Crippen LogP contribution in [0.2, 0.25) is 0 Å². The summed E-state index contributed by atoms with van der Waals surface area (Å²) in [5.41, 5.74) is 2.64. The lowest BCUT2D eigenvalue weighted by Crippen LogP contribution is -2.40. The standard InChI is InChI=1S/C30H29F2N3O4S/c1-34(2)40(37,38)35(29-6-4-3-5-28(29)32)20-23-7-13-25(14-8-23)30(36)33-19-22-11-17-27(18-12-22)39-21-24-9-15-26(31)16-10-24/h3-18H,19-21H2,1-2H3,(H,33,36). The summed E-state index contributed by atoms with van der Waals surface area (Å²) in [6, 6.07) is 25.5. The number of ether oxygens (including phenoxy) is 1. The van der Waals surface area contributed by atoms with E-state index in [1.54, 1.807) is 54.6 Å². The summed E-state index contributed by atoms with van der Waals surface area (Å²) in [6.07, 6.45) is 0. The number of rotatable bonds is 11. The van der Waals surface area contributed by atoms with Gasteiger partial charge in [0.05, 0.1) is 12.2 Å². The highest BCUT2D eigenvalue weighted by Gasteiger charge is 2.27. The largest absolute Gasteiger partial charge is 0.489 e. The lowest BCUT2D eigenvalue weighted by atomic mass is 10.1. The van der Waals surface area contributed by atoms with Gasteiger partial charge in [0.15, 0.2) is 0 Å². The molecule has 1 N–H and O–H groups in total. The predicted octanol–water partition coefficient (Wildman–Crippen LogP) is 5.29.